The summed E-state index contributed by atoms with van der Waals surface area (Å²) in [6.45, 7) is 6.83. The number of hydrogen-bond acceptors (Lipinski definition) is 3. The summed E-state index contributed by atoms with van der Waals surface area (Å²) in [5.74, 6) is 0. The smallest absolute Gasteiger partial charge is 0.0950 e. The van der Waals surface area contributed by atoms with Crippen molar-refractivity contribution in [1.82, 2.24) is 5.32 Å². The van der Waals surface area contributed by atoms with E-state index in [1.54, 1.807) is 7.11 Å². The third-order valence-electron chi connectivity index (χ3n) is 2.44. The summed E-state index contributed by atoms with van der Waals surface area (Å²) in [7, 11) is 1.78. The van der Waals surface area contributed by atoms with E-state index in [4.69, 9.17) is 9.47 Å². The first kappa shape index (κ1) is 9.96. The van der Waals surface area contributed by atoms with Crippen LogP contribution in [-0.4, -0.2) is 38.5 Å². The van der Waals surface area contributed by atoms with E-state index in [9.17, 15) is 0 Å². The number of methoxy groups -OCH3 is 1. The minimum Gasteiger partial charge on any atom is -0.379 e. The van der Waals surface area contributed by atoms with Crippen LogP contribution in [0.5, 0.6) is 0 Å². The molecule has 1 aliphatic heterocycles. The monoisotopic (exact) mass is 173 g/mol. The Morgan fingerprint density at radius 2 is 2.17 bits per heavy atom. The van der Waals surface area contributed by atoms with Gasteiger partial charge in [-0.25, -0.2) is 0 Å². The summed E-state index contributed by atoms with van der Waals surface area (Å²) in [5.41, 5.74) is 0.0502. The van der Waals surface area contributed by atoms with Crippen molar-refractivity contribution in [3.8, 4) is 0 Å². The number of nitrogens with one attached hydrogen (secondary N) is 1. The summed E-state index contributed by atoms with van der Waals surface area (Å²) in [6.07, 6.45) is 1.29. The maximum atomic E-state index is 5.47. The van der Waals surface area contributed by atoms with Gasteiger partial charge >= 0.3 is 0 Å². The van der Waals surface area contributed by atoms with Crippen LogP contribution in [0.3, 0.4) is 0 Å². The van der Waals surface area contributed by atoms with E-state index < -0.39 is 0 Å². The highest BCUT2D eigenvalue weighted by atomic mass is 16.5. The zero-order valence-corrected chi connectivity index (χ0v) is 8.22. The van der Waals surface area contributed by atoms with Crippen LogP contribution in [0.1, 0.15) is 20.3 Å². The molecule has 1 saturated heterocycles. The Hall–Kier alpha value is -0.120. The van der Waals surface area contributed by atoms with Crippen molar-refractivity contribution in [1.29, 1.82) is 0 Å². The van der Waals surface area contributed by atoms with Crippen molar-refractivity contribution >= 4 is 0 Å². The Morgan fingerprint density at radius 1 is 1.50 bits per heavy atom. The summed E-state index contributed by atoms with van der Waals surface area (Å²) in [5, 5.41) is 3.22. The van der Waals surface area contributed by atoms with Crippen molar-refractivity contribution in [3.63, 3.8) is 0 Å². The SMILES string of the molecule is CCOC(C)CC1(OC)CNC1. The maximum absolute atomic E-state index is 5.47. The fraction of sp³-hybridized carbons (Fsp3) is 1.00. The highest BCUT2D eigenvalue weighted by Crippen LogP contribution is 2.22. The van der Waals surface area contributed by atoms with Crippen molar-refractivity contribution in [2.75, 3.05) is 26.8 Å². The van der Waals surface area contributed by atoms with Crippen LogP contribution in [0.25, 0.3) is 0 Å². The Morgan fingerprint density at radius 3 is 2.50 bits per heavy atom. The predicted octanol–water partition coefficient (Wildman–Crippen LogP) is 0.790. The van der Waals surface area contributed by atoms with E-state index in [1.807, 2.05) is 6.92 Å². The largest absolute Gasteiger partial charge is 0.379 e. The lowest BCUT2D eigenvalue weighted by Crippen LogP contribution is -2.61. The lowest BCUT2D eigenvalue weighted by Gasteiger charge is -2.42. The number of rotatable bonds is 5. The second-order valence-electron chi connectivity index (χ2n) is 3.46. The molecule has 1 aliphatic rings. The highest BCUT2D eigenvalue weighted by molar-refractivity contribution is 4.95. The third-order valence-corrected chi connectivity index (χ3v) is 2.44. The quantitative estimate of drug-likeness (QED) is 0.666. The zero-order chi connectivity index (χ0) is 9.03. The highest BCUT2D eigenvalue weighted by Gasteiger charge is 2.38. The van der Waals surface area contributed by atoms with Gasteiger partial charge in [0.25, 0.3) is 0 Å². The molecule has 1 rings (SSSR count). The van der Waals surface area contributed by atoms with Gasteiger partial charge in [0, 0.05) is 33.2 Å². The Labute approximate surface area is 74.4 Å². The number of ether oxygens (including phenoxy) is 2. The molecule has 3 nitrogen and oxygen atoms in total. The Balaban J connectivity index is 2.27. The molecular formula is C9H19NO2. The minimum absolute atomic E-state index is 0.0502. The third kappa shape index (κ3) is 2.19. The molecule has 0 bridgehead atoms. The molecule has 1 heterocycles. The van der Waals surface area contributed by atoms with Crippen molar-refractivity contribution in [2.45, 2.75) is 32.0 Å². The standard InChI is InChI=1S/C9H19NO2/c1-4-12-8(2)5-9(11-3)6-10-7-9/h8,10H,4-7H2,1-3H3. The van der Waals surface area contributed by atoms with Gasteiger partial charge in [-0.05, 0) is 13.8 Å². The van der Waals surface area contributed by atoms with Gasteiger partial charge in [0.15, 0.2) is 0 Å². The molecule has 0 aliphatic carbocycles. The average molecular weight is 173 g/mol. The lowest BCUT2D eigenvalue weighted by molar-refractivity contribution is -0.0884. The Kier molecular flexibility index (Phi) is 3.50. The molecule has 0 spiro atoms. The first-order valence-electron chi connectivity index (χ1n) is 4.60. The average Bonchev–Trinajstić information content (AvgIpc) is 1.97. The topological polar surface area (TPSA) is 30.5 Å². The van der Waals surface area contributed by atoms with E-state index >= 15 is 0 Å². The van der Waals surface area contributed by atoms with Crippen molar-refractivity contribution in [2.24, 2.45) is 0 Å². The minimum atomic E-state index is 0.0502. The van der Waals surface area contributed by atoms with E-state index in [1.165, 1.54) is 0 Å². The molecule has 0 radical (unpaired) electrons. The maximum Gasteiger partial charge on any atom is 0.0950 e. The summed E-state index contributed by atoms with van der Waals surface area (Å²) in [6, 6.07) is 0. The van der Waals surface area contributed by atoms with Gasteiger partial charge in [-0.3, -0.25) is 0 Å². The molecule has 3 heteroatoms. The van der Waals surface area contributed by atoms with Crippen LogP contribution in [0.15, 0.2) is 0 Å². The molecule has 1 fully saturated rings. The van der Waals surface area contributed by atoms with Crippen molar-refractivity contribution in [3.05, 3.63) is 0 Å². The van der Waals surface area contributed by atoms with Crippen LogP contribution in [0.2, 0.25) is 0 Å². The molecule has 12 heavy (non-hydrogen) atoms. The van der Waals surface area contributed by atoms with Gasteiger partial charge < -0.3 is 14.8 Å². The Bertz CT molecular complexity index is 129. The zero-order valence-electron chi connectivity index (χ0n) is 8.22. The lowest BCUT2D eigenvalue weighted by atomic mass is 9.90. The first-order chi connectivity index (χ1) is 5.72. The molecule has 0 aromatic heterocycles. The molecule has 1 unspecified atom stereocenters. The molecular weight excluding hydrogens is 154 g/mol. The molecule has 1 atom stereocenters. The van der Waals surface area contributed by atoms with Gasteiger partial charge in [0.1, 0.15) is 0 Å². The molecule has 1 N–H and O–H groups in total. The van der Waals surface area contributed by atoms with Gasteiger partial charge in [0.2, 0.25) is 0 Å². The normalized spacial score (nSPS) is 23.2. The summed E-state index contributed by atoms with van der Waals surface area (Å²) >= 11 is 0. The van der Waals surface area contributed by atoms with Crippen LogP contribution < -0.4 is 5.32 Å². The summed E-state index contributed by atoms with van der Waals surface area (Å²) < 4.78 is 10.9. The van der Waals surface area contributed by atoms with E-state index in [0.29, 0.717) is 6.10 Å². The van der Waals surface area contributed by atoms with Crippen LogP contribution in [-0.2, 0) is 9.47 Å². The summed E-state index contributed by atoms with van der Waals surface area (Å²) in [4.78, 5) is 0. The molecule has 0 amide bonds. The first-order valence-corrected chi connectivity index (χ1v) is 4.60. The molecule has 0 aromatic rings. The van der Waals surface area contributed by atoms with Gasteiger partial charge in [-0.15, -0.1) is 0 Å². The van der Waals surface area contributed by atoms with Crippen LogP contribution >= 0.6 is 0 Å². The van der Waals surface area contributed by atoms with Crippen molar-refractivity contribution < 1.29 is 9.47 Å². The van der Waals surface area contributed by atoms with Gasteiger partial charge in [-0.1, -0.05) is 0 Å². The molecule has 0 aromatic carbocycles. The predicted molar refractivity (Wildman–Crippen MR) is 48.3 cm³/mol. The van der Waals surface area contributed by atoms with Crippen LogP contribution in [0, 0.1) is 0 Å². The van der Waals surface area contributed by atoms with E-state index in [0.717, 1.165) is 26.1 Å². The second kappa shape index (κ2) is 4.21. The number of hydrogen-bond donors (Lipinski definition) is 1. The van der Waals surface area contributed by atoms with E-state index in [2.05, 4.69) is 12.2 Å². The van der Waals surface area contributed by atoms with Gasteiger partial charge in [0.05, 0.1) is 11.7 Å². The second-order valence-corrected chi connectivity index (χ2v) is 3.46. The fourth-order valence-corrected chi connectivity index (χ4v) is 1.64. The van der Waals surface area contributed by atoms with Crippen LogP contribution in [0.4, 0.5) is 0 Å². The molecule has 72 valence electrons. The molecule has 0 saturated carbocycles. The fourth-order valence-electron chi connectivity index (χ4n) is 1.64. The van der Waals surface area contributed by atoms with E-state index in [-0.39, 0.29) is 5.60 Å². The van der Waals surface area contributed by atoms with Gasteiger partial charge in [-0.2, -0.15) is 0 Å².